The first-order chi connectivity index (χ1) is 8.22. The van der Waals surface area contributed by atoms with Crippen molar-refractivity contribution in [1.29, 1.82) is 0 Å². The second kappa shape index (κ2) is 8.56. The van der Waals surface area contributed by atoms with Crippen LogP contribution in [-0.2, 0) is 0 Å². The molecule has 1 aromatic carbocycles. The number of thioether (sulfide) groups is 1. The minimum absolute atomic E-state index is 0.711. The van der Waals surface area contributed by atoms with Crippen molar-refractivity contribution in [2.45, 2.75) is 18.7 Å². The lowest BCUT2D eigenvalue weighted by Crippen LogP contribution is -2.34. The van der Waals surface area contributed by atoms with Crippen molar-refractivity contribution in [2.24, 2.45) is 11.7 Å². The molecule has 0 aromatic heterocycles. The van der Waals surface area contributed by atoms with E-state index in [1.54, 1.807) is 0 Å². The predicted molar refractivity (Wildman–Crippen MR) is 77.5 cm³/mol. The van der Waals surface area contributed by atoms with Crippen molar-refractivity contribution in [3.8, 4) is 0 Å². The van der Waals surface area contributed by atoms with Crippen LogP contribution < -0.4 is 5.73 Å². The molecule has 2 N–H and O–H groups in total. The zero-order valence-corrected chi connectivity index (χ0v) is 11.7. The standard InChI is InChI=1S/C14H24N2S/c1-13(2)12-16(9-8-15)10-11-17-14-6-4-3-5-7-14/h3-7,13H,8-12,15H2,1-2H3. The third-order valence-corrected chi connectivity index (χ3v) is 3.48. The Morgan fingerprint density at radius 3 is 2.47 bits per heavy atom. The molecule has 17 heavy (non-hydrogen) atoms. The molecule has 0 saturated carbocycles. The Balaban J connectivity index is 2.26. The largest absolute Gasteiger partial charge is 0.329 e. The monoisotopic (exact) mass is 252 g/mol. The zero-order chi connectivity index (χ0) is 12.5. The van der Waals surface area contributed by atoms with Crippen LogP contribution in [0.5, 0.6) is 0 Å². The van der Waals surface area contributed by atoms with Gasteiger partial charge in [-0.25, -0.2) is 0 Å². The van der Waals surface area contributed by atoms with Crippen LogP contribution in [0.3, 0.4) is 0 Å². The normalized spacial score (nSPS) is 11.4. The molecule has 0 spiro atoms. The van der Waals surface area contributed by atoms with Crippen LogP contribution in [0.15, 0.2) is 35.2 Å². The second-order valence-corrected chi connectivity index (χ2v) is 5.81. The van der Waals surface area contributed by atoms with Crippen molar-refractivity contribution >= 4 is 11.8 Å². The van der Waals surface area contributed by atoms with E-state index < -0.39 is 0 Å². The van der Waals surface area contributed by atoms with E-state index >= 15 is 0 Å². The van der Waals surface area contributed by atoms with Gasteiger partial charge in [-0.2, -0.15) is 0 Å². The van der Waals surface area contributed by atoms with Crippen molar-refractivity contribution in [3.63, 3.8) is 0 Å². The third-order valence-electron chi connectivity index (χ3n) is 2.49. The van der Waals surface area contributed by atoms with E-state index in [2.05, 4.69) is 49.1 Å². The maximum Gasteiger partial charge on any atom is 0.0108 e. The van der Waals surface area contributed by atoms with Crippen LogP contribution in [0.2, 0.25) is 0 Å². The van der Waals surface area contributed by atoms with E-state index in [-0.39, 0.29) is 0 Å². The molecule has 0 amide bonds. The van der Waals surface area contributed by atoms with Gasteiger partial charge in [0.15, 0.2) is 0 Å². The average molecular weight is 252 g/mol. The molecule has 96 valence electrons. The summed E-state index contributed by atoms with van der Waals surface area (Å²) in [6, 6.07) is 10.6. The lowest BCUT2D eigenvalue weighted by molar-refractivity contribution is 0.265. The number of hydrogen-bond donors (Lipinski definition) is 1. The Hall–Kier alpha value is -0.510. The first kappa shape index (κ1) is 14.6. The summed E-state index contributed by atoms with van der Waals surface area (Å²) in [7, 11) is 0. The molecule has 0 radical (unpaired) electrons. The minimum Gasteiger partial charge on any atom is -0.329 e. The molecular formula is C14H24N2S. The van der Waals surface area contributed by atoms with Gasteiger partial charge in [-0.15, -0.1) is 11.8 Å². The average Bonchev–Trinajstić information content (AvgIpc) is 2.30. The van der Waals surface area contributed by atoms with Crippen molar-refractivity contribution < 1.29 is 0 Å². The quantitative estimate of drug-likeness (QED) is 0.721. The van der Waals surface area contributed by atoms with Crippen LogP contribution in [0, 0.1) is 5.92 Å². The third kappa shape index (κ3) is 6.71. The van der Waals surface area contributed by atoms with Crippen LogP contribution >= 0.6 is 11.8 Å². The van der Waals surface area contributed by atoms with Gasteiger partial charge in [-0.05, 0) is 18.1 Å². The van der Waals surface area contributed by atoms with Crippen LogP contribution in [0.4, 0.5) is 0 Å². The Morgan fingerprint density at radius 1 is 1.18 bits per heavy atom. The van der Waals surface area contributed by atoms with E-state index in [0.717, 1.165) is 31.9 Å². The molecule has 0 atom stereocenters. The second-order valence-electron chi connectivity index (χ2n) is 4.64. The Bertz CT molecular complexity index is 288. The van der Waals surface area contributed by atoms with E-state index in [1.807, 2.05) is 11.8 Å². The van der Waals surface area contributed by atoms with E-state index in [9.17, 15) is 0 Å². The summed E-state index contributed by atoms with van der Waals surface area (Å²) in [6.45, 7) is 8.54. The molecule has 0 heterocycles. The molecule has 0 aliphatic carbocycles. The Kier molecular flexibility index (Phi) is 7.33. The fraction of sp³-hybridized carbons (Fsp3) is 0.571. The van der Waals surface area contributed by atoms with E-state index in [4.69, 9.17) is 5.73 Å². The molecule has 0 fully saturated rings. The van der Waals surface area contributed by atoms with Gasteiger partial charge in [0.05, 0.1) is 0 Å². The van der Waals surface area contributed by atoms with Gasteiger partial charge in [0, 0.05) is 36.8 Å². The summed E-state index contributed by atoms with van der Waals surface area (Å²) in [5.41, 5.74) is 5.64. The Labute approximate surface area is 110 Å². The molecule has 0 unspecified atom stereocenters. The van der Waals surface area contributed by atoms with Gasteiger partial charge in [-0.1, -0.05) is 32.0 Å². The van der Waals surface area contributed by atoms with Crippen molar-refractivity contribution in [2.75, 3.05) is 31.9 Å². The zero-order valence-electron chi connectivity index (χ0n) is 10.9. The smallest absolute Gasteiger partial charge is 0.0108 e. The summed E-state index contributed by atoms with van der Waals surface area (Å²) in [6.07, 6.45) is 0. The molecule has 3 heteroatoms. The summed E-state index contributed by atoms with van der Waals surface area (Å²) >= 11 is 1.92. The molecule has 0 aliphatic rings. The highest BCUT2D eigenvalue weighted by atomic mass is 32.2. The predicted octanol–water partition coefficient (Wildman–Crippen LogP) is 2.70. The molecule has 1 rings (SSSR count). The summed E-state index contributed by atoms with van der Waals surface area (Å²) < 4.78 is 0. The highest BCUT2D eigenvalue weighted by Crippen LogP contribution is 2.16. The minimum atomic E-state index is 0.711. The van der Waals surface area contributed by atoms with Gasteiger partial charge < -0.3 is 10.6 Å². The fourth-order valence-electron chi connectivity index (χ4n) is 1.80. The summed E-state index contributed by atoms with van der Waals surface area (Å²) in [5, 5.41) is 0. The summed E-state index contributed by atoms with van der Waals surface area (Å²) in [4.78, 5) is 3.81. The van der Waals surface area contributed by atoms with Gasteiger partial charge >= 0.3 is 0 Å². The molecular weight excluding hydrogens is 228 g/mol. The van der Waals surface area contributed by atoms with Gasteiger partial charge in [-0.3, -0.25) is 0 Å². The van der Waals surface area contributed by atoms with Crippen molar-refractivity contribution in [3.05, 3.63) is 30.3 Å². The van der Waals surface area contributed by atoms with E-state index in [1.165, 1.54) is 4.90 Å². The lowest BCUT2D eigenvalue weighted by atomic mass is 10.2. The highest BCUT2D eigenvalue weighted by molar-refractivity contribution is 7.99. The molecule has 0 bridgehead atoms. The highest BCUT2D eigenvalue weighted by Gasteiger charge is 2.06. The number of nitrogens with two attached hydrogens (primary N) is 1. The first-order valence-electron chi connectivity index (χ1n) is 6.32. The maximum atomic E-state index is 5.64. The molecule has 0 aliphatic heterocycles. The van der Waals surface area contributed by atoms with Crippen LogP contribution in [-0.4, -0.2) is 36.8 Å². The Morgan fingerprint density at radius 2 is 1.88 bits per heavy atom. The van der Waals surface area contributed by atoms with Gasteiger partial charge in [0.2, 0.25) is 0 Å². The summed E-state index contributed by atoms with van der Waals surface area (Å²) in [5.74, 6) is 1.85. The number of hydrogen-bond acceptors (Lipinski definition) is 3. The molecule has 2 nitrogen and oxygen atoms in total. The van der Waals surface area contributed by atoms with Crippen LogP contribution in [0.25, 0.3) is 0 Å². The molecule has 0 saturated heterocycles. The number of rotatable bonds is 8. The maximum absolute atomic E-state index is 5.64. The van der Waals surface area contributed by atoms with Crippen molar-refractivity contribution in [1.82, 2.24) is 4.90 Å². The van der Waals surface area contributed by atoms with Gasteiger partial charge in [0.25, 0.3) is 0 Å². The van der Waals surface area contributed by atoms with Crippen LogP contribution in [0.1, 0.15) is 13.8 Å². The van der Waals surface area contributed by atoms with Gasteiger partial charge in [0.1, 0.15) is 0 Å². The lowest BCUT2D eigenvalue weighted by Gasteiger charge is -2.23. The van der Waals surface area contributed by atoms with E-state index in [0.29, 0.717) is 5.92 Å². The SMILES string of the molecule is CC(C)CN(CCN)CCSc1ccccc1. The number of nitrogens with zero attached hydrogens (tertiary/aromatic N) is 1. The topological polar surface area (TPSA) is 29.3 Å². The molecule has 1 aromatic rings. The fourth-order valence-corrected chi connectivity index (χ4v) is 2.74. The first-order valence-corrected chi connectivity index (χ1v) is 7.31. The number of benzene rings is 1.